The normalized spacial score (nSPS) is 16.9. The van der Waals surface area contributed by atoms with E-state index in [1.165, 1.54) is 16.4 Å². The van der Waals surface area contributed by atoms with Gasteiger partial charge in [0.05, 0.1) is 17.0 Å². The number of hydrogen-bond donors (Lipinski definition) is 3. The molecule has 190 valence electrons. The Hall–Kier alpha value is -2.38. The van der Waals surface area contributed by atoms with Gasteiger partial charge in [0.2, 0.25) is 21.3 Å². The molecule has 1 fully saturated rings. The van der Waals surface area contributed by atoms with Crippen LogP contribution in [0, 0.1) is 0 Å². The van der Waals surface area contributed by atoms with Crippen molar-refractivity contribution in [2.75, 3.05) is 18.4 Å². The molecule has 2 atom stereocenters. The minimum Gasteiger partial charge on any atom is -0.548 e. The zero-order valence-corrected chi connectivity index (χ0v) is 22.0. The highest BCUT2D eigenvalue weighted by Gasteiger charge is 2.33. The molecule has 2 aromatic heterocycles. The topological polar surface area (TPSA) is 147 Å². The van der Waals surface area contributed by atoms with Crippen LogP contribution in [0.25, 0.3) is 0 Å². The molecule has 1 aliphatic rings. The first kappa shape index (κ1) is 25.7. The molecule has 35 heavy (non-hydrogen) atoms. The van der Waals surface area contributed by atoms with E-state index in [0.717, 1.165) is 18.4 Å². The number of H-pyrrole nitrogens is 1. The molecule has 0 spiro atoms. The van der Waals surface area contributed by atoms with E-state index in [-0.39, 0.29) is 33.0 Å². The van der Waals surface area contributed by atoms with Gasteiger partial charge in [-0.3, -0.25) is 0 Å². The van der Waals surface area contributed by atoms with Crippen molar-refractivity contribution in [3.63, 3.8) is 0 Å². The largest absolute Gasteiger partial charge is 0.548 e. The average Bonchev–Trinajstić information content (AvgIpc) is 3.55. The van der Waals surface area contributed by atoms with Gasteiger partial charge in [0.1, 0.15) is 16.7 Å². The Balaban J connectivity index is 1.71. The first-order valence-corrected chi connectivity index (χ1v) is 14.3. The standard InChI is InChI=1S/C22H28ClN5O5S2/c1-4-16(18-11-14(12-33-18)13(2)3)24-21-22(27-34(30)26-21)25-17-8-7-15(23)20(19(17)29)35(31,32)28-9-5-6-10-28/h7-8,11-13,16,29H,4-6,9-10H2,1-3H3,(H,24,26)(H,25,27)/t16-,34?/m1/s1. The quantitative estimate of drug-likeness (QED) is 0.274. The fraction of sp³-hybridized carbons (Fsp3) is 0.455. The molecule has 0 saturated carbocycles. The van der Waals surface area contributed by atoms with Gasteiger partial charge in [-0.2, -0.15) is 4.31 Å². The van der Waals surface area contributed by atoms with E-state index >= 15 is 0 Å². The predicted molar refractivity (Wildman–Crippen MR) is 133 cm³/mol. The third kappa shape index (κ3) is 5.26. The lowest BCUT2D eigenvalue weighted by atomic mass is 10.1. The molecule has 4 rings (SSSR count). The molecule has 1 unspecified atom stereocenters. The van der Waals surface area contributed by atoms with Gasteiger partial charge < -0.3 is 19.4 Å². The predicted octanol–water partition coefficient (Wildman–Crippen LogP) is 4.79. The molecule has 13 heteroatoms. The van der Waals surface area contributed by atoms with Crippen molar-refractivity contribution in [2.24, 2.45) is 4.99 Å². The molecule has 0 aliphatic carbocycles. The Morgan fingerprint density at radius 3 is 2.71 bits per heavy atom. The van der Waals surface area contributed by atoms with Crippen LogP contribution >= 0.6 is 22.7 Å². The smallest absolute Gasteiger partial charge is 0.248 e. The van der Waals surface area contributed by atoms with E-state index in [9.17, 15) is 18.1 Å². The van der Waals surface area contributed by atoms with E-state index in [0.29, 0.717) is 31.2 Å². The highest BCUT2D eigenvalue weighted by Crippen LogP contribution is 2.40. The molecule has 0 bridgehead atoms. The van der Waals surface area contributed by atoms with Crippen molar-refractivity contribution < 1.29 is 22.5 Å². The van der Waals surface area contributed by atoms with Gasteiger partial charge in [-0.25, -0.2) is 13.4 Å². The number of aromatic amines is 1. The Kier molecular flexibility index (Phi) is 7.57. The lowest BCUT2D eigenvalue weighted by Crippen LogP contribution is -2.28. The van der Waals surface area contributed by atoms with Crippen molar-refractivity contribution in [3.8, 4) is 5.75 Å². The van der Waals surface area contributed by atoms with Gasteiger partial charge in [0.25, 0.3) is 0 Å². The van der Waals surface area contributed by atoms with E-state index in [1.54, 1.807) is 6.26 Å². The molecule has 1 saturated heterocycles. The zero-order valence-electron chi connectivity index (χ0n) is 19.6. The number of nitrogens with zero attached hydrogens (tertiary/aromatic N) is 3. The second-order valence-electron chi connectivity index (χ2n) is 8.64. The summed E-state index contributed by atoms with van der Waals surface area (Å²) in [5, 5.41) is 13.7. The number of benzene rings is 1. The number of aromatic nitrogens is 2. The fourth-order valence-electron chi connectivity index (χ4n) is 3.89. The number of phenols is 1. The van der Waals surface area contributed by atoms with Crippen LogP contribution < -0.4 is 10.8 Å². The Labute approximate surface area is 211 Å². The summed E-state index contributed by atoms with van der Waals surface area (Å²) in [5.41, 5.74) is 1.30. The van der Waals surface area contributed by atoms with Crippen LogP contribution in [0.2, 0.25) is 5.02 Å². The van der Waals surface area contributed by atoms with Crippen LogP contribution in [0.5, 0.6) is 5.75 Å². The van der Waals surface area contributed by atoms with Crippen molar-refractivity contribution >= 4 is 44.3 Å². The third-order valence-electron chi connectivity index (χ3n) is 5.89. The second-order valence-corrected chi connectivity index (χ2v) is 11.8. The SMILES string of the molecule is CC[C@@H](N=c1[nH][s+]([O-])nc1Nc1ccc(Cl)c(S(=O)(=O)N2CCCC2)c1O)c1cc(C(C)C)co1. The monoisotopic (exact) mass is 541 g/mol. The summed E-state index contributed by atoms with van der Waals surface area (Å²) in [6, 6.07) is 4.39. The minimum atomic E-state index is -3.99. The minimum absolute atomic E-state index is 0.0486. The van der Waals surface area contributed by atoms with E-state index in [1.807, 2.05) is 13.0 Å². The van der Waals surface area contributed by atoms with Crippen LogP contribution in [0.15, 0.2) is 38.8 Å². The fourth-order valence-corrected chi connectivity index (χ4v) is 6.65. The summed E-state index contributed by atoms with van der Waals surface area (Å²) >= 11 is 4.40. The molecule has 3 aromatic rings. The van der Waals surface area contributed by atoms with Gasteiger partial charge in [-0.15, -0.1) is 4.37 Å². The van der Waals surface area contributed by atoms with Crippen LogP contribution in [0.1, 0.15) is 63.3 Å². The number of nitrogens with one attached hydrogen (secondary N) is 2. The van der Waals surface area contributed by atoms with Crippen molar-refractivity contribution in [1.82, 2.24) is 13.1 Å². The lowest BCUT2D eigenvalue weighted by molar-refractivity contribution is 0.445. The Bertz CT molecular complexity index is 1370. The van der Waals surface area contributed by atoms with E-state index in [2.05, 4.69) is 32.9 Å². The number of sulfonamides is 1. The Morgan fingerprint density at radius 1 is 1.37 bits per heavy atom. The van der Waals surface area contributed by atoms with Crippen LogP contribution in [0.3, 0.4) is 0 Å². The first-order chi connectivity index (χ1) is 16.6. The number of aromatic hydroxyl groups is 1. The highest BCUT2D eigenvalue weighted by molar-refractivity contribution is 7.89. The zero-order chi connectivity index (χ0) is 25.3. The number of halogens is 1. The molecule has 10 nitrogen and oxygen atoms in total. The van der Waals surface area contributed by atoms with Crippen LogP contribution in [-0.4, -0.2) is 44.2 Å². The molecule has 3 N–H and O–H groups in total. The number of phenolic OH excluding ortho intramolecular Hbond substituents is 1. The molecule has 3 heterocycles. The average molecular weight is 542 g/mol. The second kappa shape index (κ2) is 10.3. The van der Waals surface area contributed by atoms with Gasteiger partial charge in [0.15, 0.2) is 16.9 Å². The number of hydrogen-bond acceptors (Lipinski definition) is 8. The first-order valence-electron chi connectivity index (χ1n) is 11.3. The molecule has 0 radical (unpaired) electrons. The van der Waals surface area contributed by atoms with Gasteiger partial charge in [0, 0.05) is 17.5 Å². The molecule has 0 amide bonds. The summed E-state index contributed by atoms with van der Waals surface area (Å²) in [4.78, 5) is 4.26. The van der Waals surface area contributed by atoms with Crippen LogP contribution in [0.4, 0.5) is 11.5 Å². The summed E-state index contributed by atoms with van der Waals surface area (Å²) < 4.78 is 52.1. The van der Waals surface area contributed by atoms with Gasteiger partial charge in [-0.05, 0) is 48.9 Å². The maximum atomic E-state index is 13.1. The maximum Gasteiger partial charge on any atom is 0.248 e. The van der Waals surface area contributed by atoms with E-state index in [4.69, 9.17) is 16.0 Å². The van der Waals surface area contributed by atoms with Gasteiger partial charge >= 0.3 is 0 Å². The van der Waals surface area contributed by atoms with Crippen molar-refractivity contribution in [3.05, 3.63) is 46.3 Å². The molecule has 1 aliphatic heterocycles. The third-order valence-corrected chi connectivity index (χ3v) is 9.01. The summed E-state index contributed by atoms with van der Waals surface area (Å²) in [5.74, 6) is 0.520. The highest BCUT2D eigenvalue weighted by atomic mass is 35.5. The molecular formula is C22H28ClN5O5S2. The Morgan fingerprint density at radius 2 is 2.09 bits per heavy atom. The maximum absolute atomic E-state index is 13.1. The summed E-state index contributed by atoms with van der Waals surface area (Å²) in [6.07, 6.45) is 3.80. The lowest BCUT2D eigenvalue weighted by Gasteiger charge is -2.18. The summed E-state index contributed by atoms with van der Waals surface area (Å²) in [6.45, 7) is 6.81. The summed E-state index contributed by atoms with van der Waals surface area (Å²) in [7, 11) is -3.99. The van der Waals surface area contributed by atoms with Crippen LogP contribution in [-0.2, 0) is 10.0 Å². The molecule has 1 aromatic carbocycles. The molecular weight excluding hydrogens is 514 g/mol. The number of rotatable bonds is 8. The van der Waals surface area contributed by atoms with Crippen molar-refractivity contribution in [2.45, 2.75) is 56.9 Å². The van der Waals surface area contributed by atoms with Crippen molar-refractivity contribution in [1.29, 1.82) is 0 Å². The van der Waals surface area contributed by atoms with Gasteiger partial charge in [-0.1, -0.05) is 32.4 Å². The van der Waals surface area contributed by atoms with E-state index < -0.39 is 26.9 Å². The number of anilines is 2. The number of furan rings is 1.